The number of aromatic nitrogens is 2. The highest BCUT2D eigenvalue weighted by Crippen LogP contribution is 2.01. The fourth-order valence-electron chi connectivity index (χ4n) is 0.690. The first kappa shape index (κ1) is 7.59. The fraction of sp³-hybridized carbons (Fsp3) is 0.333. The SMILES string of the molecule is CN=C(N)Nc1cnn(C)c1. The molecule has 11 heavy (non-hydrogen) atoms. The molecule has 1 heterocycles. The zero-order valence-corrected chi connectivity index (χ0v) is 6.57. The summed E-state index contributed by atoms with van der Waals surface area (Å²) in [6.07, 6.45) is 3.50. The molecule has 3 N–H and O–H groups in total. The molecule has 5 nitrogen and oxygen atoms in total. The predicted molar refractivity (Wildman–Crippen MR) is 44.4 cm³/mol. The molecule has 60 valence electrons. The third kappa shape index (κ3) is 1.96. The van der Waals surface area contributed by atoms with E-state index in [2.05, 4.69) is 15.4 Å². The van der Waals surface area contributed by atoms with Gasteiger partial charge < -0.3 is 11.1 Å². The zero-order valence-electron chi connectivity index (χ0n) is 6.57. The second-order valence-corrected chi connectivity index (χ2v) is 2.14. The van der Waals surface area contributed by atoms with Gasteiger partial charge in [0.2, 0.25) is 0 Å². The van der Waals surface area contributed by atoms with Crippen molar-refractivity contribution in [2.75, 3.05) is 12.4 Å². The topological polar surface area (TPSA) is 68.2 Å². The van der Waals surface area contributed by atoms with Gasteiger partial charge in [-0.05, 0) is 0 Å². The van der Waals surface area contributed by atoms with Gasteiger partial charge in [0.1, 0.15) is 0 Å². The first-order valence-electron chi connectivity index (χ1n) is 3.20. The van der Waals surface area contributed by atoms with Gasteiger partial charge in [-0.2, -0.15) is 5.10 Å². The molecule has 5 heteroatoms. The highest BCUT2D eigenvalue weighted by atomic mass is 15.3. The lowest BCUT2D eigenvalue weighted by atomic mass is 10.6. The van der Waals surface area contributed by atoms with Gasteiger partial charge in [-0.3, -0.25) is 9.67 Å². The smallest absolute Gasteiger partial charge is 0.192 e. The van der Waals surface area contributed by atoms with Gasteiger partial charge in [-0.1, -0.05) is 0 Å². The molecule has 0 spiro atoms. The Hall–Kier alpha value is -1.52. The summed E-state index contributed by atoms with van der Waals surface area (Å²) in [7, 11) is 3.46. The van der Waals surface area contributed by atoms with Crippen LogP contribution in [0, 0.1) is 0 Å². The number of nitrogens with zero attached hydrogens (tertiary/aromatic N) is 3. The molecule has 0 radical (unpaired) electrons. The zero-order chi connectivity index (χ0) is 8.27. The lowest BCUT2D eigenvalue weighted by molar-refractivity contribution is 0.768. The minimum Gasteiger partial charge on any atom is -0.370 e. The van der Waals surface area contributed by atoms with Crippen molar-refractivity contribution < 1.29 is 0 Å². The monoisotopic (exact) mass is 153 g/mol. The van der Waals surface area contributed by atoms with E-state index in [0.29, 0.717) is 5.96 Å². The minimum atomic E-state index is 0.387. The van der Waals surface area contributed by atoms with Crippen molar-refractivity contribution in [2.45, 2.75) is 0 Å². The van der Waals surface area contributed by atoms with E-state index in [1.165, 1.54) is 0 Å². The number of hydrogen-bond acceptors (Lipinski definition) is 2. The van der Waals surface area contributed by atoms with Gasteiger partial charge in [-0.25, -0.2) is 0 Å². The van der Waals surface area contributed by atoms with E-state index in [9.17, 15) is 0 Å². The van der Waals surface area contributed by atoms with E-state index < -0.39 is 0 Å². The number of rotatable bonds is 1. The Balaban J connectivity index is 2.65. The van der Waals surface area contributed by atoms with Crippen LogP contribution in [0.2, 0.25) is 0 Å². The maximum Gasteiger partial charge on any atom is 0.192 e. The van der Waals surface area contributed by atoms with Crippen LogP contribution in [0.3, 0.4) is 0 Å². The molecule has 0 amide bonds. The van der Waals surface area contributed by atoms with Gasteiger partial charge in [0.05, 0.1) is 11.9 Å². The molecule has 0 aromatic carbocycles. The van der Waals surface area contributed by atoms with Gasteiger partial charge in [0.25, 0.3) is 0 Å². The number of nitrogens with one attached hydrogen (secondary N) is 1. The summed E-state index contributed by atoms with van der Waals surface area (Å²) < 4.78 is 1.69. The Bertz CT molecular complexity index is 262. The molecule has 0 aliphatic carbocycles. The third-order valence-corrected chi connectivity index (χ3v) is 1.22. The molecule has 0 atom stereocenters. The van der Waals surface area contributed by atoms with Crippen LogP contribution in [0.4, 0.5) is 5.69 Å². The van der Waals surface area contributed by atoms with Gasteiger partial charge in [0.15, 0.2) is 5.96 Å². The Morgan fingerprint density at radius 3 is 3.00 bits per heavy atom. The first-order valence-corrected chi connectivity index (χ1v) is 3.20. The predicted octanol–water partition coefficient (Wildman–Crippen LogP) is -0.224. The summed E-state index contributed by atoms with van der Waals surface area (Å²) in [6.45, 7) is 0. The summed E-state index contributed by atoms with van der Waals surface area (Å²) in [5.41, 5.74) is 6.26. The largest absolute Gasteiger partial charge is 0.370 e. The molecular weight excluding hydrogens is 142 g/mol. The number of guanidine groups is 1. The number of aliphatic imine (C=N–C) groups is 1. The number of aryl methyl sites for hydroxylation is 1. The molecule has 0 fully saturated rings. The Morgan fingerprint density at radius 2 is 2.55 bits per heavy atom. The maximum atomic E-state index is 5.42. The molecule has 0 aliphatic rings. The standard InChI is InChI=1S/C6H11N5/c1-8-6(7)10-5-3-9-11(2)4-5/h3-4H,1-2H3,(H3,7,8,10). The second kappa shape index (κ2) is 3.05. The Kier molecular flexibility index (Phi) is 2.10. The van der Waals surface area contributed by atoms with E-state index >= 15 is 0 Å². The van der Waals surface area contributed by atoms with Crippen LogP contribution < -0.4 is 11.1 Å². The summed E-state index contributed by atoms with van der Waals surface area (Å²) in [6, 6.07) is 0. The summed E-state index contributed by atoms with van der Waals surface area (Å²) in [4.78, 5) is 3.74. The average molecular weight is 153 g/mol. The van der Waals surface area contributed by atoms with Crippen LogP contribution >= 0.6 is 0 Å². The van der Waals surface area contributed by atoms with Crippen molar-refractivity contribution >= 4 is 11.6 Å². The number of hydrogen-bond donors (Lipinski definition) is 2. The van der Waals surface area contributed by atoms with E-state index in [0.717, 1.165) is 5.69 Å². The summed E-state index contributed by atoms with van der Waals surface area (Å²) in [5.74, 6) is 0.387. The van der Waals surface area contributed by atoms with Crippen molar-refractivity contribution in [1.82, 2.24) is 9.78 Å². The highest BCUT2D eigenvalue weighted by molar-refractivity contribution is 5.91. The van der Waals surface area contributed by atoms with Gasteiger partial charge in [0, 0.05) is 20.3 Å². The summed E-state index contributed by atoms with van der Waals surface area (Å²) >= 11 is 0. The van der Waals surface area contributed by atoms with Crippen LogP contribution in [-0.2, 0) is 7.05 Å². The van der Waals surface area contributed by atoms with Crippen molar-refractivity contribution in [1.29, 1.82) is 0 Å². The molecule has 0 unspecified atom stereocenters. The molecule has 1 aromatic rings. The molecule has 0 aliphatic heterocycles. The van der Waals surface area contributed by atoms with E-state index in [-0.39, 0.29) is 0 Å². The van der Waals surface area contributed by atoms with Crippen LogP contribution in [0.1, 0.15) is 0 Å². The van der Waals surface area contributed by atoms with Crippen molar-refractivity contribution in [2.24, 2.45) is 17.8 Å². The molecule has 1 rings (SSSR count). The molecular formula is C6H11N5. The first-order chi connectivity index (χ1) is 5.22. The second-order valence-electron chi connectivity index (χ2n) is 2.14. The normalized spacial score (nSPS) is 11.6. The van der Waals surface area contributed by atoms with Crippen LogP contribution in [0.5, 0.6) is 0 Å². The Labute approximate surface area is 64.9 Å². The molecule has 0 saturated carbocycles. The highest BCUT2D eigenvalue weighted by Gasteiger charge is 1.94. The quantitative estimate of drug-likeness (QED) is 0.433. The Morgan fingerprint density at radius 1 is 1.82 bits per heavy atom. The van der Waals surface area contributed by atoms with E-state index in [1.54, 1.807) is 17.9 Å². The maximum absolute atomic E-state index is 5.42. The van der Waals surface area contributed by atoms with Crippen molar-refractivity contribution in [3.8, 4) is 0 Å². The summed E-state index contributed by atoms with van der Waals surface area (Å²) in [5, 5.41) is 6.80. The molecule has 1 aromatic heterocycles. The lowest BCUT2D eigenvalue weighted by Gasteiger charge is -1.98. The number of anilines is 1. The number of nitrogens with two attached hydrogens (primary N) is 1. The van der Waals surface area contributed by atoms with Gasteiger partial charge in [-0.15, -0.1) is 0 Å². The fourth-order valence-corrected chi connectivity index (χ4v) is 0.690. The van der Waals surface area contributed by atoms with Crippen LogP contribution in [0.15, 0.2) is 17.4 Å². The van der Waals surface area contributed by atoms with Crippen LogP contribution in [0.25, 0.3) is 0 Å². The van der Waals surface area contributed by atoms with Crippen LogP contribution in [-0.4, -0.2) is 22.8 Å². The third-order valence-electron chi connectivity index (χ3n) is 1.22. The molecule has 0 bridgehead atoms. The van der Waals surface area contributed by atoms with E-state index in [1.807, 2.05) is 13.2 Å². The van der Waals surface area contributed by atoms with Crippen molar-refractivity contribution in [3.63, 3.8) is 0 Å². The molecule has 0 saturated heterocycles. The average Bonchev–Trinajstić information content (AvgIpc) is 2.35. The van der Waals surface area contributed by atoms with E-state index in [4.69, 9.17) is 5.73 Å². The van der Waals surface area contributed by atoms with Crippen molar-refractivity contribution in [3.05, 3.63) is 12.4 Å². The minimum absolute atomic E-state index is 0.387. The van der Waals surface area contributed by atoms with Gasteiger partial charge >= 0.3 is 0 Å². The lowest BCUT2D eigenvalue weighted by Crippen LogP contribution is -2.21.